The van der Waals surface area contributed by atoms with Crippen LogP contribution in [0.1, 0.15) is 22.3 Å². The van der Waals surface area contributed by atoms with Crippen LogP contribution in [0.4, 0.5) is 0 Å². The monoisotopic (exact) mass is 457 g/mol. The number of aryl methyl sites for hydroxylation is 1. The molecule has 0 radical (unpaired) electrons. The number of rotatable bonds is 7. The number of halogens is 1. The molecule has 1 aromatic carbocycles. The Morgan fingerprint density at radius 2 is 2.04 bits per heavy atom. The molecule has 0 spiro atoms. The van der Waals surface area contributed by atoms with E-state index in [4.69, 9.17) is 0 Å². The number of methoxy groups -OCH3 is 1. The molecule has 2 aromatic rings. The van der Waals surface area contributed by atoms with Gasteiger partial charge < -0.3 is 15.4 Å². The van der Waals surface area contributed by atoms with Gasteiger partial charge in [0.15, 0.2) is 5.96 Å². The summed E-state index contributed by atoms with van der Waals surface area (Å²) >= 11 is 0. The predicted molar refractivity (Wildman–Crippen MR) is 108 cm³/mol. The summed E-state index contributed by atoms with van der Waals surface area (Å²) in [6.07, 6.45) is 4.68. The van der Waals surface area contributed by atoms with Crippen molar-refractivity contribution in [2.75, 3.05) is 20.7 Å². The molecular weight excluding hydrogens is 433 g/mol. The smallest absolute Gasteiger partial charge is 0.337 e. The molecule has 0 bridgehead atoms. The van der Waals surface area contributed by atoms with Crippen molar-refractivity contribution in [2.45, 2.75) is 19.5 Å². The van der Waals surface area contributed by atoms with Crippen LogP contribution in [0.3, 0.4) is 0 Å². The van der Waals surface area contributed by atoms with Crippen LogP contribution in [0.5, 0.6) is 0 Å². The Balaban J connectivity index is 0.00000312. The number of hydrogen-bond donors (Lipinski definition) is 2. The van der Waals surface area contributed by atoms with Gasteiger partial charge in [0.1, 0.15) is 0 Å². The van der Waals surface area contributed by atoms with Crippen molar-refractivity contribution in [2.24, 2.45) is 4.99 Å². The molecule has 0 fully saturated rings. The van der Waals surface area contributed by atoms with E-state index in [0.717, 1.165) is 31.0 Å². The summed E-state index contributed by atoms with van der Waals surface area (Å²) in [7, 11) is 3.11. The molecule has 2 rings (SSSR count). The molecule has 0 unspecified atom stereocenters. The number of aromatic nitrogens is 2. The van der Waals surface area contributed by atoms with E-state index >= 15 is 0 Å². The minimum Gasteiger partial charge on any atom is -0.465 e. The Hall–Kier alpha value is -2.10. The average molecular weight is 457 g/mol. The van der Waals surface area contributed by atoms with E-state index in [-0.39, 0.29) is 29.9 Å². The lowest BCUT2D eigenvalue weighted by Gasteiger charge is -2.12. The summed E-state index contributed by atoms with van der Waals surface area (Å²) in [6, 6.07) is 9.21. The van der Waals surface area contributed by atoms with Gasteiger partial charge in [0.2, 0.25) is 0 Å². The number of carbonyl (C=O) groups excluding carboxylic acids is 1. The zero-order valence-electron chi connectivity index (χ0n) is 14.4. The summed E-state index contributed by atoms with van der Waals surface area (Å²) in [4.78, 5) is 15.6. The van der Waals surface area contributed by atoms with Crippen molar-refractivity contribution >= 4 is 35.9 Å². The maximum atomic E-state index is 11.4. The van der Waals surface area contributed by atoms with Crippen molar-refractivity contribution < 1.29 is 9.53 Å². The number of carbonyl (C=O) groups is 1. The van der Waals surface area contributed by atoms with E-state index in [0.29, 0.717) is 12.1 Å². The van der Waals surface area contributed by atoms with Crippen LogP contribution < -0.4 is 10.6 Å². The lowest BCUT2D eigenvalue weighted by molar-refractivity contribution is 0.0600. The number of nitrogens with one attached hydrogen (secondary N) is 2. The zero-order chi connectivity index (χ0) is 17.2. The van der Waals surface area contributed by atoms with E-state index in [1.54, 1.807) is 25.4 Å². The second-order valence-electron chi connectivity index (χ2n) is 5.16. The summed E-state index contributed by atoms with van der Waals surface area (Å²) < 4.78 is 6.59. The maximum absolute atomic E-state index is 11.4. The highest BCUT2D eigenvalue weighted by molar-refractivity contribution is 14.0. The Labute approximate surface area is 164 Å². The van der Waals surface area contributed by atoms with Gasteiger partial charge in [0, 0.05) is 39.1 Å². The highest BCUT2D eigenvalue weighted by Crippen LogP contribution is 2.05. The number of nitrogens with zero attached hydrogens (tertiary/aromatic N) is 3. The minimum atomic E-state index is -0.329. The van der Waals surface area contributed by atoms with Gasteiger partial charge in [-0.2, -0.15) is 5.10 Å². The Kier molecular flexibility index (Phi) is 9.60. The van der Waals surface area contributed by atoms with Gasteiger partial charge in [-0.3, -0.25) is 9.67 Å². The lowest BCUT2D eigenvalue weighted by Crippen LogP contribution is -2.37. The summed E-state index contributed by atoms with van der Waals surface area (Å²) in [6.45, 7) is 2.30. The van der Waals surface area contributed by atoms with Crippen LogP contribution in [-0.2, 0) is 17.8 Å². The standard InChI is InChI=1S/C17H23N5O2.HI/c1-18-17(19-9-3-11-22-12-4-10-21-22)20-13-14-5-7-15(8-6-14)16(23)24-2;/h4-8,10,12H,3,9,11,13H2,1-2H3,(H2,18,19,20);1H. The van der Waals surface area contributed by atoms with Gasteiger partial charge in [0.05, 0.1) is 12.7 Å². The highest BCUT2D eigenvalue weighted by atomic mass is 127. The van der Waals surface area contributed by atoms with Crippen molar-refractivity contribution in [1.29, 1.82) is 0 Å². The van der Waals surface area contributed by atoms with Crippen molar-refractivity contribution in [3.8, 4) is 0 Å². The van der Waals surface area contributed by atoms with Crippen LogP contribution in [0.25, 0.3) is 0 Å². The van der Waals surface area contributed by atoms with Gasteiger partial charge in [-0.1, -0.05) is 12.1 Å². The third-order valence-corrected chi connectivity index (χ3v) is 3.47. The summed E-state index contributed by atoms with van der Waals surface area (Å²) in [5.74, 6) is 0.414. The molecule has 1 heterocycles. The van der Waals surface area contributed by atoms with E-state index in [9.17, 15) is 4.79 Å². The average Bonchev–Trinajstić information content (AvgIpc) is 3.14. The Morgan fingerprint density at radius 1 is 1.28 bits per heavy atom. The highest BCUT2D eigenvalue weighted by Gasteiger charge is 2.04. The van der Waals surface area contributed by atoms with Crippen LogP contribution in [0.2, 0.25) is 0 Å². The zero-order valence-corrected chi connectivity index (χ0v) is 16.8. The molecule has 25 heavy (non-hydrogen) atoms. The molecule has 0 saturated heterocycles. The SMILES string of the molecule is CN=C(NCCCn1cccn1)NCc1ccc(C(=O)OC)cc1.I. The fourth-order valence-corrected chi connectivity index (χ4v) is 2.16. The first-order valence-electron chi connectivity index (χ1n) is 7.82. The molecule has 1 aromatic heterocycles. The van der Waals surface area contributed by atoms with Gasteiger partial charge in [-0.25, -0.2) is 4.79 Å². The molecule has 0 atom stereocenters. The maximum Gasteiger partial charge on any atom is 0.337 e. The van der Waals surface area contributed by atoms with Crippen molar-refractivity contribution in [3.63, 3.8) is 0 Å². The van der Waals surface area contributed by atoms with Gasteiger partial charge >= 0.3 is 5.97 Å². The lowest BCUT2D eigenvalue weighted by atomic mass is 10.1. The topological polar surface area (TPSA) is 80.5 Å². The number of guanidine groups is 1. The minimum absolute atomic E-state index is 0. The molecule has 0 aliphatic carbocycles. The Bertz CT molecular complexity index is 656. The van der Waals surface area contributed by atoms with Crippen LogP contribution in [0, 0.1) is 0 Å². The molecule has 136 valence electrons. The first kappa shape index (κ1) is 20.9. The van der Waals surface area contributed by atoms with Crippen LogP contribution in [0.15, 0.2) is 47.7 Å². The molecule has 7 nitrogen and oxygen atoms in total. The van der Waals surface area contributed by atoms with Gasteiger partial charge in [-0.15, -0.1) is 24.0 Å². The normalized spacial score (nSPS) is 10.7. The predicted octanol–water partition coefficient (Wildman–Crippen LogP) is 2.04. The first-order chi connectivity index (χ1) is 11.7. The van der Waals surface area contributed by atoms with E-state index in [1.807, 2.05) is 29.1 Å². The second kappa shape index (κ2) is 11.5. The summed E-state index contributed by atoms with van der Waals surface area (Å²) in [5.41, 5.74) is 1.60. The van der Waals surface area contributed by atoms with E-state index in [2.05, 4.69) is 25.5 Å². The van der Waals surface area contributed by atoms with Crippen molar-refractivity contribution in [3.05, 3.63) is 53.9 Å². The fourth-order valence-electron chi connectivity index (χ4n) is 2.16. The molecule has 0 saturated carbocycles. The first-order valence-corrected chi connectivity index (χ1v) is 7.82. The van der Waals surface area contributed by atoms with Crippen LogP contribution >= 0.6 is 24.0 Å². The molecule has 8 heteroatoms. The fraction of sp³-hybridized carbons (Fsp3) is 0.353. The quantitative estimate of drug-likeness (QED) is 0.219. The molecule has 0 aliphatic heterocycles. The molecular formula is C17H24IN5O2. The molecule has 0 amide bonds. The third kappa shape index (κ3) is 7.12. The van der Waals surface area contributed by atoms with Gasteiger partial charge in [-0.05, 0) is 30.2 Å². The third-order valence-electron chi connectivity index (χ3n) is 3.47. The molecule has 0 aliphatic rings. The largest absolute Gasteiger partial charge is 0.465 e. The van der Waals surface area contributed by atoms with E-state index in [1.165, 1.54) is 7.11 Å². The van der Waals surface area contributed by atoms with E-state index < -0.39 is 0 Å². The second-order valence-corrected chi connectivity index (χ2v) is 5.16. The number of aliphatic imine (C=N–C) groups is 1. The number of benzene rings is 1. The van der Waals surface area contributed by atoms with Gasteiger partial charge in [0.25, 0.3) is 0 Å². The number of hydrogen-bond acceptors (Lipinski definition) is 4. The van der Waals surface area contributed by atoms with Crippen LogP contribution in [-0.4, -0.2) is 42.4 Å². The Morgan fingerprint density at radius 3 is 2.64 bits per heavy atom. The van der Waals surface area contributed by atoms with Crippen molar-refractivity contribution in [1.82, 2.24) is 20.4 Å². The summed E-state index contributed by atoms with van der Waals surface area (Å²) in [5, 5.41) is 10.7. The number of esters is 1. The number of ether oxygens (including phenoxy) is 1. The molecule has 2 N–H and O–H groups in total.